The lowest BCUT2D eigenvalue weighted by molar-refractivity contribution is 0.243. The molecule has 0 aliphatic rings. The Balaban J connectivity index is 2.58. The molecule has 1 heterocycles. The summed E-state index contributed by atoms with van der Waals surface area (Å²) in [7, 11) is 0. The van der Waals surface area contributed by atoms with Gasteiger partial charge in [0.05, 0.1) is 17.8 Å². The molecule has 0 fully saturated rings. The number of hydrogen-bond donors (Lipinski definition) is 2. The second kappa shape index (κ2) is 4.69. The summed E-state index contributed by atoms with van der Waals surface area (Å²) >= 11 is 1.65. The average Bonchev–Trinajstić information content (AvgIpc) is 2.51. The highest BCUT2D eigenvalue weighted by Gasteiger charge is 2.12. The summed E-state index contributed by atoms with van der Waals surface area (Å²) in [6.45, 7) is 6.23. The third-order valence-corrected chi connectivity index (χ3v) is 3.10. The molecule has 1 aromatic rings. The molecule has 0 aliphatic heterocycles. The molecular weight excluding hydrogens is 184 g/mol. The summed E-state index contributed by atoms with van der Waals surface area (Å²) in [4.78, 5) is 5.44. The Morgan fingerprint density at radius 2 is 2.31 bits per heavy atom. The van der Waals surface area contributed by atoms with Crippen molar-refractivity contribution in [2.24, 2.45) is 0 Å². The van der Waals surface area contributed by atoms with Gasteiger partial charge in [-0.1, -0.05) is 0 Å². The molecule has 0 aromatic carbocycles. The van der Waals surface area contributed by atoms with E-state index in [1.165, 1.54) is 4.88 Å². The zero-order valence-corrected chi connectivity index (χ0v) is 9.06. The third kappa shape index (κ3) is 2.76. The molecule has 74 valence electrons. The van der Waals surface area contributed by atoms with Gasteiger partial charge in [0.25, 0.3) is 0 Å². The molecule has 1 rings (SSSR count). The smallest absolute Gasteiger partial charge is 0.0798 e. The summed E-state index contributed by atoms with van der Waals surface area (Å²) in [5.41, 5.74) is 2.93. The minimum Gasteiger partial charge on any atom is -0.395 e. The molecule has 0 aliphatic carbocycles. The lowest BCUT2D eigenvalue weighted by atomic mass is 10.2. The van der Waals surface area contributed by atoms with Gasteiger partial charge < -0.3 is 10.4 Å². The Hall–Kier alpha value is -0.450. The van der Waals surface area contributed by atoms with E-state index >= 15 is 0 Å². The van der Waals surface area contributed by atoms with E-state index in [9.17, 15) is 0 Å². The molecule has 1 unspecified atom stereocenters. The van der Waals surface area contributed by atoms with Gasteiger partial charge in [0.15, 0.2) is 0 Å². The molecule has 4 heteroatoms. The van der Waals surface area contributed by atoms with E-state index in [0.717, 1.165) is 5.69 Å². The van der Waals surface area contributed by atoms with Gasteiger partial charge in [-0.3, -0.25) is 0 Å². The maximum absolute atomic E-state index is 8.88. The van der Waals surface area contributed by atoms with Crippen LogP contribution < -0.4 is 5.32 Å². The van der Waals surface area contributed by atoms with Crippen LogP contribution in [-0.2, 0) is 0 Å². The highest BCUT2D eigenvalue weighted by atomic mass is 32.1. The Morgan fingerprint density at radius 1 is 1.62 bits per heavy atom. The largest absolute Gasteiger partial charge is 0.395 e. The fourth-order valence-electron chi connectivity index (χ4n) is 1.28. The minimum absolute atomic E-state index is 0.136. The van der Waals surface area contributed by atoms with Crippen molar-refractivity contribution in [1.82, 2.24) is 10.3 Å². The third-order valence-electron chi connectivity index (χ3n) is 1.98. The van der Waals surface area contributed by atoms with Gasteiger partial charge in [0, 0.05) is 17.0 Å². The summed E-state index contributed by atoms with van der Waals surface area (Å²) in [5.74, 6) is 0. The van der Waals surface area contributed by atoms with Crippen LogP contribution in [0.3, 0.4) is 0 Å². The van der Waals surface area contributed by atoms with Gasteiger partial charge in [-0.15, -0.1) is 11.3 Å². The fraction of sp³-hybridized carbons (Fsp3) is 0.667. The molecule has 2 N–H and O–H groups in total. The second-order valence-corrected chi connectivity index (χ2v) is 4.16. The first-order chi connectivity index (χ1) is 6.15. The highest BCUT2D eigenvalue weighted by Crippen LogP contribution is 2.21. The van der Waals surface area contributed by atoms with Gasteiger partial charge in [-0.25, -0.2) is 4.98 Å². The van der Waals surface area contributed by atoms with Crippen LogP contribution in [0.4, 0.5) is 0 Å². The lowest BCUT2D eigenvalue weighted by Crippen LogP contribution is -2.31. The van der Waals surface area contributed by atoms with Crippen molar-refractivity contribution < 1.29 is 5.11 Å². The van der Waals surface area contributed by atoms with Gasteiger partial charge in [-0.2, -0.15) is 0 Å². The van der Waals surface area contributed by atoms with Crippen LogP contribution in [0.15, 0.2) is 5.51 Å². The first kappa shape index (κ1) is 10.6. The van der Waals surface area contributed by atoms with E-state index in [-0.39, 0.29) is 18.7 Å². The van der Waals surface area contributed by atoms with Crippen molar-refractivity contribution in [2.75, 3.05) is 6.61 Å². The molecule has 13 heavy (non-hydrogen) atoms. The number of rotatable bonds is 4. The van der Waals surface area contributed by atoms with Crippen LogP contribution in [0.5, 0.6) is 0 Å². The first-order valence-electron chi connectivity index (χ1n) is 4.42. The average molecular weight is 200 g/mol. The van der Waals surface area contributed by atoms with Crippen LogP contribution in [0.2, 0.25) is 0 Å². The van der Waals surface area contributed by atoms with E-state index in [4.69, 9.17) is 5.11 Å². The summed E-state index contributed by atoms with van der Waals surface area (Å²) in [5, 5.41) is 12.2. The molecule has 0 amide bonds. The van der Waals surface area contributed by atoms with E-state index in [1.54, 1.807) is 11.3 Å². The fourth-order valence-corrected chi connectivity index (χ4v) is 2.10. The van der Waals surface area contributed by atoms with E-state index in [1.807, 2.05) is 19.4 Å². The molecule has 0 saturated heterocycles. The van der Waals surface area contributed by atoms with E-state index in [2.05, 4.69) is 17.2 Å². The van der Waals surface area contributed by atoms with Gasteiger partial charge in [0.1, 0.15) is 0 Å². The number of aromatic nitrogens is 1. The number of hydrogen-bond acceptors (Lipinski definition) is 4. The molecule has 2 atom stereocenters. The topological polar surface area (TPSA) is 45.2 Å². The molecule has 1 aromatic heterocycles. The van der Waals surface area contributed by atoms with Gasteiger partial charge in [-0.05, 0) is 20.8 Å². The van der Waals surface area contributed by atoms with Crippen LogP contribution >= 0.6 is 11.3 Å². The van der Waals surface area contributed by atoms with Crippen molar-refractivity contribution in [3.8, 4) is 0 Å². The van der Waals surface area contributed by atoms with Crippen molar-refractivity contribution in [1.29, 1.82) is 0 Å². The molecular formula is C9H16N2OS. The van der Waals surface area contributed by atoms with E-state index < -0.39 is 0 Å². The number of nitrogens with zero attached hydrogens (tertiary/aromatic N) is 1. The number of aliphatic hydroxyl groups excluding tert-OH is 1. The molecule has 0 radical (unpaired) electrons. The maximum atomic E-state index is 8.88. The SMILES string of the molecule is Cc1ncsc1C(C)N[C@H](C)CO. The van der Waals surface area contributed by atoms with Crippen LogP contribution in [0.25, 0.3) is 0 Å². The standard InChI is InChI=1S/C9H16N2OS/c1-6(4-12)11-8(3)9-7(2)10-5-13-9/h5-6,8,11-12H,4H2,1-3H3/t6-,8?/m1/s1. The van der Waals surface area contributed by atoms with E-state index in [0.29, 0.717) is 0 Å². The summed E-state index contributed by atoms with van der Waals surface area (Å²) in [6.07, 6.45) is 0. The molecule has 0 spiro atoms. The van der Waals surface area contributed by atoms with Crippen molar-refractivity contribution in [3.05, 3.63) is 16.1 Å². The Kier molecular flexibility index (Phi) is 3.84. The quantitative estimate of drug-likeness (QED) is 0.774. The monoisotopic (exact) mass is 200 g/mol. The van der Waals surface area contributed by atoms with Crippen molar-refractivity contribution in [3.63, 3.8) is 0 Å². The highest BCUT2D eigenvalue weighted by molar-refractivity contribution is 7.09. The minimum atomic E-state index is 0.136. The van der Waals surface area contributed by atoms with Crippen LogP contribution in [0, 0.1) is 6.92 Å². The predicted octanol–water partition coefficient (Wildman–Crippen LogP) is 1.48. The number of nitrogens with one attached hydrogen (secondary N) is 1. The Labute approximate surface area is 82.8 Å². The first-order valence-corrected chi connectivity index (χ1v) is 5.30. The van der Waals surface area contributed by atoms with Crippen LogP contribution in [0.1, 0.15) is 30.5 Å². The van der Waals surface area contributed by atoms with Gasteiger partial charge in [0.2, 0.25) is 0 Å². The zero-order valence-electron chi connectivity index (χ0n) is 8.24. The number of aryl methyl sites for hydroxylation is 1. The summed E-state index contributed by atoms with van der Waals surface area (Å²) < 4.78 is 0. The Morgan fingerprint density at radius 3 is 2.77 bits per heavy atom. The lowest BCUT2D eigenvalue weighted by Gasteiger charge is -2.17. The van der Waals surface area contributed by atoms with Crippen LogP contribution in [-0.4, -0.2) is 22.7 Å². The van der Waals surface area contributed by atoms with Gasteiger partial charge >= 0.3 is 0 Å². The number of aliphatic hydroxyl groups is 1. The molecule has 0 bridgehead atoms. The zero-order chi connectivity index (χ0) is 9.84. The maximum Gasteiger partial charge on any atom is 0.0798 e. The second-order valence-electron chi connectivity index (χ2n) is 3.27. The predicted molar refractivity (Wildman–Crippen MR) is 54.9 cm³/mol. The molecule has 3 nitrogen and oxygen atoms in total. The van der Waals surface area contributed by atoms with Crippen molar-refractivity contribution in [2.45, 2.75) is 32.9 Å². The number of thiazole rings is 1. The normalized spacial score (nSPS) is 15.7. The molecule has 0 saturated carbocycles. The van der Waals surface area contributed by atoms with Crippen molar-refractivity contribution >= 4 is 11.3 Å². The Bertz CT molecular complexity index is 262. The summed E-state index contributed by atoms with van der Waals surface area (Å²) in [6, 6.07) is 0.408.